The van der Waals surface area contributed by atoms with Crippen LogP contribution >= 0.6 is 0 Å². The zero-order chi connectivity index (χ0) is 15.6. The average molecular weight is 314 g/mol. The normalized spacial score (nSPS) is 20.5. The highest BCUT2D eigenvalue weighted by atomic mass is 32.2. The van der Waals surface area contributed by atoms with Gasteiger partial charge in [0.25, 0.3) is 0 Å². The third-order valence-corrected chi connectivity index (χ3v) is 5.86. The van der Waals surface area contributed by atoms with Gasteiger partial charge in [0.15, 0.2) is 0 Å². The van der Waals surface area contributed by atoms with Crippen molar-refractivity contribution in [3.63, 3.8) is 0 Å². The molecule has 1 fully saturated rings. The van der Waals surface area contributed by atoms with Gasteiger partial charge < -0.3 is 14.8 Å². The molecule has 1 saturated heterocycles. The maximum atomic E-state index is 12.9. The first kappa shape index (κ1) is 16.5. The minimum Gasteiger partial charge on any atom is -0.352 e. The van der Waals surface area contributed by atoms with Crippen LogP contribution in [0.4, 0.5) is 0 Å². The number of aryl methyl sites for hydroxylation is 1. The maximum absolute atomic E-state index is 12.9. The van der Waals surface area contributed by atoms with E-state index in [0.29, 0.717) is 18.0 Å². The van der Waals surface area contributed by atoms with E-state index in [4.69, 9.17) is 0 Å². The predicted octanol–water partition coefficient (Wildman–Crippen LogP) is 0.459. The quantitative estimate of drug-likeness (QED) is 0.829. The molecule has 1 aromatic rings. The second-order valence-corrected chi connectivity index (χ2v) is 7.87. The predicted molar refractivity (Wildman–Crippen MR) is 83.6 cm³/mol. The van der Waals surface area contributed by atoms with E-state index in [9.17, 15) is 8.42 Å². The largest absolute Gasteiger partial charge is 0.352 e. The molecule has 0 aliphatic carbocycles. The number of sulfonamides is 1. The van der Waals surface area contributed by atoms with Crippen molar-refractivity contribution in [2.45, 2.75) is 30.3 Å². The molecular weight excluding hydrogens is 288 g/mol. The number of nitrogens with zero attached hydrogens (tertiary/aromatic N) is 3. The van der Waals surface area contributed by atoms with Gasteiger partial charge in [-0.15, -0.1) is 0 Å². The Morgan fingerprint density at radius 3 is 2.76 bits per heavy atom. The third kappa shape index (κ3) is 3.48. The minimum atomic E-state index is -3.40. The van der Waals surface area contributed by atoms with E-state index in [1.165, 1.54) is 0 Å². The van der Waals surface area contributed by atoms with Crippen LogP contribution in [0.15, 0.2) is 17.2 Å². The van der Waals surface area contributed by atoms with Crippen molar-refractivity contribution in [2.75, 3.05) is 34.2 Å². The first-order valence-electron chi connectivity index (χ1n) is 7.32. The van der Waals surface area contributed by atoms with Gasteiger partial charge in [-0.25, -0.2) is 8.42 Å². The van der Waals surface area contributed by atoms with E-state index >= 15 is 0 Å². The second-order valence-electron chi connectivity index (χ2n) is 5.98. The van der Waals surface area contributed by atoms with Gasteiger partial charge >= 0.3 is 0 Å². The molecule has 120 valence electrons. The first-order valence-corrected chi connectivity index (χ1v) is 8.76. The van der Waals surface area contributed by atoms with Crippen LogP contribution in [0, 0.1) is 0 Å². The Morgan fingerprint density at radius 1 is 1.43 bits per heavy atom. The lowest BCUT2D eigenvalue weighted by Gasteiger charge is -2.26. The summed E-state index contributed by atoms with van der Waals surface area (Å²) in [7, 11) is 4.31. The molecule has 2 heterocycles. The summed E-state index contributed by atoms with van der Waals surface area (Å²) in [6, 6.07) is 1.86. The van der Waals surface area contributed by atoms with E-state index in [1.807, 2.05) is 32.8 Å². The highest BCUT2D eigenvalue weighted by molar-refractivity contribution is 7.89. The second kappa shape index (κ2) is 6.48. The fourth-order valence-electron chi connectivity index (χ4n) is 2.94. The number of hydrogen-bond acceptors (Lipinski definition) is 4. The zero-order valence-electron chi connectivity index (χ0n) is 13.3. The summed E-state index contributed by atoms with van der Waals surface area (Å²) in [5.41, 5.74) is 0.972. The molecule has 0 aromatic carbocycles. The van der Waals surface area contributed by atoms with E-state index in [-0.39, 0.29) is 6.04 Å². The highest BCUT2D eigenvalue weighted by Gasteiger charge is 2.36. The molecule has 1 aliphatic heterocycles. The van der Waals surface area contributed by atoms with Crippen molar-refractivity contribution in [3.05, 3.63) is 18.0 Å². The lowest BCUT2D eigenvalue weighted by atomic mass is 10.2. The Balaban J connectivity index is 2.26. The molecule has 1 aromatic heterocycles. The molecular formula is C14H26N4O2S. The van der Waals surface area contributed by atoms with Crippen molar-refractivity contribution >= 4 is 10.0 Å². The molecule has 0 amide bonds. The molecule has 21 heavy (non-hydrogen) atoms. The number of aromatic nitrogens is 1. The molecule has 1 unspecified atom stereocenters. The Bertz CT molecular complexity index is 580. The fourth-order valence-corrected chi connectivity index (χ4v) is 4.72. The minimum absolute atomic E-state index is 0.0814. The van der Waals surface area contributed by atoms with E-state index in [1.54, 1.807) is 16.6 Å². The molecule has 0 bridgehead atoms. The van der Waals surface area contributed by atoms with Crippen LogP contribution in [-0.2, 0) is 23.6 Å². The third-order valence-electron chi connectivity index (χ3n) is 3.95. The number of nitrogens with one attached hydrogen (secondary N) is 1. The number of likely N-dealkylation sites (N-methyl/N-ethyl adjacent to an activating group) is 1. The molecule has 1 atom stereocenters. The topological polar surface area (TPSA) is 57.6 Å². The Hall–Kier alpha value is -0.890. The van der Waals surface area contributed by atoms with Gasteiger partial charge in [-0.1, -0.05) is 0 Å². The van der Waals surface area contributed by atoms with Crippen LogP contribution in [0.2, 0.25) is 0 Å². The van der Waals surface area contributed by atoms with E-state index in [2.05, 4.69) is 10.2 Å². The van der Waals surface area contributed by atoms with Crippen LogP contribution in [0.5, 0.6) is 0 Å². The van der Waals surface area contributed by atoms with E-state index < -0.39 is 10.0 Å². The smallest absolute Gasteiger partial charge is 0.244 e. The summed E-state index contributed by atoms with van der Waals surface area (Å²) in [6.45, 7) is 2.06. The van der Waals surface area contributed by atoms with Crippen molar-refractivity contribution in [2.24, 2.45) is 7.05 Å². The van der Waals surface area contributed by atoms with Gasteiger partial charge in [0.2, 0.25) is 10.0 Å². The zero-order valence-corrected chi connectivity index (χ0v) is 14.2. The Morgan fingerprint density at radius 2 is 2.14 bits per heavy atom. The van der Waals surface area contributed by atoms with Crippen molar-refractivity contribution in [1.82, 2.24) is 19.1 Å². The molecule has 2 rings (SSSR count). The van der Waals surface area contributed by atoms with Gasteiger partial charge in [0.1, 0.15) is 4.90 Å². The SMILES string of the molecule is CNCc1cc(S(=O)(=O)N2CCCC2CN(C)C)cn1C. The number of rotatable bonds is 6. The van der Waals surface area contributed by atoms with Crippen LogP contribution in [0.3, 0.4) is 0 Å². The molecule has 0 radical (unpaired) electrons. The summed E-state index contributed by atoms with van der Waals surface area (Å²) >= 11 is 0. The lowest BCUT2D eigenvalue weighted by molar-refractivity contribution is 0.291. The van der Waals surface area contributed by atoms with Gasteiger partial charge in [-0.2, -0.15) is 4.31 Å². The monoisotopic (exact) mass is 314 g/mol. The summed E-state index contributed by atoms with van der Waals surface area (Å²) in [4.78, 5) is 2.46. The molecule has 1 N–H and O–H groups in total. The van der Waals surface area contributed by atoms with Crippen molar-refractivity contribution in [3.8, 4) is 0 Å². The van der Waals surface area contributed by atoms with E-state index in [0.717, 1.165) is 25.1 Å². The summed E-state index contributed by atoms with van der Waals surface area (Å²) in [6.07, 6.45) is 3.59. The molecule has 6 nitrogen and oxygen atoms in total. The van der Waals surface area contributed by atoms with Crippen LogP contribution < -0.4 is 5.32 Å². The van der Waals surface area contributed by atoms with Crippen LogP contribution in [0.1, 0.15) is 18.5 Å². The van der Waals surface area contributed by atoms with Gasteiger partial charge in [-0.05, 0) is 40.1 Å². The summed E-state index contributed by atoms with van der Waals surface area (Å²) in [5, 5.41) is 3.06. The Kier molecular flexibility index (Phi) is 5.08. The molecule has 0 spiro atoms. The molecule has 0 saturated carbocycles. The Labute approximate surface area is 127 Å². The highest BCUT2D eigenvalue weighted by Crippen LogP contribution is 2.27. The van der Waals surface area contributed by atoms with Crippen LogP contribution in [0.25, 0.3) is 0 Å². The molecule has 7 heteroatoms. The average Bonchev–Trinajstić information content (AvgIpc) is 2.97. The van der Waals surface area contributed by atoms with Gasteiger partial charge in [0, 0.05) is 44.6 Å². The van der Waals surface area contributed by atoms with Crippen molar-refractivity contribution in [1.29, 1.82) is 0 Å². The standard InChI is InChI=1S/C14H26N4O2S/c1-15-9-13-8-14(11-17(13)4)21(19,20)18-7-5-6-12(18)10-16(2)3/h8,11-12,15H,5-7,9-10H2,1-4H3. The number of hydrogen-bond donors (Lipinski definition) is 1. The first-order chi connectivity index (χ1) is 9.86. The van der Waals surface area contributed by atoms with Gasteiger partial charge in [0.05, 0.1) is 0 Å². The summed E-state index contributed by atoms with van der Waals surface area (Å²) in [5.74, 6) is 0. The maximum Gasteiger partial charge on any atom is 0.244 e. The molecule has 1 aliphatic rings. The lowest BCUT2D eigenvalue weighted by Crippen LogP contribution is -2.41. The summed E-state index contributed by atoms with van der Waals surface area (Å²) < 4.78 is 29.3. The fraction of sp³-hybridized carbons (Fsp3) is 0.714. The van der Waals surface area contributed by atoms with Gasteiger partial charge in [-0.3, -0.25) is 0 Å². The van der Waals surface area contributed by atoms with Crippen LogP contribution in [-0.4, -0.2) is 62.5 Å². The van der Waals surface area contributed by atoms with Crippen molar-refractivity contribution < 1.29 is 8.42 Å².